The molecule has 0 aliphatic carbocycles. The van der Waals surface area contributed by atoms with E-state index < -0.39 is 0 Å². The van der Waals surface area contributed by atoms with Gasteiger partial charge < -0.3 is 14.2 Å². The second kappa shape index (κ2) is 6.23. The fraction of sp³-hybridized carbons (Fsp3) is 0.467. The third-order valence-corrected chi connectivity index (χ3v) is 3.91. The van der Waals surface area contributed by atoms with E-state index in [1.165, 1.54) is 0 Å². The minimum atomic E-state index is -0.142. The van der Waals surface area contributed by atoms with E-state index in [9.17, 15) is 4.79 Å². The lowest BCUT2D eigenvalue weighted by Gasteiger charge is -2.23. The Morgan fingerprint density at radius 2 is 2.36 bits per heavy atom. The summed E-state index contributed by atoms with van der Waals surface area (Å²) in [6, 6.07) is -0.0615. The Kier molecular flexibility index (Phi) is 4.15. The summed E-state index contributed by atoms with van der Waals surface area (Å²) >= 11 is 0. The summed E-state index contributed by atoms with van der Waals surface area (Å²) in [7, 11) is 1.58. The summed E-state index contributed by atoms with van der Waals surface area (Å²) in [4.78, 5) is 23.0. The van der Waals surface area contributed by atoms with Gasteiger partial charge in [-0.25, -0.2) is 0 Å². The molecule has 1 saturated heterocycles. The minimum Gasteiger partial charge on any atom is -0.380 e. The van der Waals surface area contributed by atoms with Gasteiger partial charge in [0, 0.05) is 26.0 Å². The SMILES string of the molecule is COCc1c(C(=O)N2CCCC2c2cnccn2)noc1C. The summed E-state index contributed by atoms with van der Waals surface area (Å²) in [6.45, 7) is 2.76. The third-order valence-electron chi connectivity index (χ3n) is 3.91. The second-order valence-corrected chi connectivity index (χ2v) is 5.29. The van der Waals surface area contributed by atoms with Gasteiger partial charge in [0.25, 0.3) is 5.91 Å². The van der Waals surface area contributed by atoms with Crippen LogP contribution in [0.3, 0.4) is 0 Å². The molecule has 0 bridgehead atoms. The highest BCUT2D eigenvalue weighted by Gasteiger charge is 2.34. The topological polar surface area (TPSA) is 81.4 Å². The van der Waals surface area contributed by atoms with Gasteiger partial charge in [-0.05, 0) is 19.8 Å². The van der Waals surface area contributed by atoms with Gasteiger partial charge in [0.2, 0.25) is 0 Å². The van der Waals surface area contributed by atoms with Gasteiger partial charge in [0.15, 0.2) is 5.69 Å². The van der Waals surface area contributed by atoms with E-state index in [4.69, 9.17) is 9.26 Å². The molecular weight excluding hydrogens is 284 g/mol. The Balaban J connectivity index is 1.88. The summed E-state index contributed by atoms with van der Waals surface area (Å²) in [5, 5.41) is 3.92. The van der Waals surface area contributed by atoms with E-state index in [0.29, 0.717) is 30.2 Å². The standard InChI is InChI=1S/C15H18N4O3/c1-10-11(9-21-2)14(18-22-10)15(20)19-7-3-4-13(19)12-8-16-5-6-17-12/h5-6,8,13H,3-4,7,9H2,1-2H3. The summed E-state index contributed by atoms with van der Waals surface area (Å²) in [5.74, 6) is 0.470. The Labute approximate surface area is 128 Å². The molecule has 7 heteroatoms. The number of methoxy groups -OCH3 is 1. The van der Waals surface area contributed by atoms with Crippen LogP contribution in [0.15, 0.2) is 23.1 Å². The van der Waals surface area contributed by atoms with Crippen LogP contribution in [0.4, 0.5) is 0 Å². The van der Waals surface area contributed by atoms with Crippen LogP contribution in [0.1, 0.15) is 46.4 Å². The number of hydrogen-bond donors (Lipinski definition) is 0. The first-order valence-corrected chi connectivity index (χ1v) is 7.23. The molecule has 0 saturated carbocycles. The van der Waals surface area contributed by atoms with E-state index in [0.717, 1.165) is 18.5 Å². The molecule has 3 rings (SSSR count). The quantitative estimate of drug-likeness (QED) is 0.858. The van der Waals surface area contributed by atoms with Crippen molar-refractivity contribution in [1.82, 2.24) is 20.0 Å². The molecule has 0 N–H and O–H groups in total. The molecule has 116 valence electrons. The van der Waals surface area contributed by atoms with Gasteiger partial charge in [-0.1, -0.05) is 5.16 Å². The third kappa shape index (κ3) is 2.59. The first-order chi connectivity index (χ1) is 10.7. The molecule has 2 aromatic rings. The lowest BCUT2D eigenvalue weighted by Crippen LogP contribution is -2.32. The van der Waals surface area contributed by atoms with Gasteiger partial charge in [0.05, 0.1) is 30.1 Å². The van der Waals surface area contributed by atoms with E-state index in [2.05, 4.69) is 15.1 Å². The zero-order valence-electron chi connectivity index (χ0n) is 12.7. The van der Waals surface area contributed by atoms with Crippen molar-refractivity contribution in [1.29, 1.82) is 0 Å². The molecule has 0 aromatic carbocycles. The lowest BCUT2D eigenvalue weighted by atomic mass is 10.1. The van der Waals surface area contributed by atoms with E-state index in [-0.39, 0.29) is 11.9 Å². The minimum absolute atomic E-state index is 0.0615. The predicted octanol–water partition coefficient (Wildman–Crippen LogP) is 1.90. The number of nitrogens with zero attached hydrogens (tertiary/aromatic N) is 4. The fourth-order valence-electron chi connectivity index (χ4n) is 2.81. The molecular formula is C15H18N4O3. The molecule has 1 amide bonds. The van der Waals surface area contributed by atoms with Crippen LogP contribution in [0, 0.1) is 6.92 Å². The van der Waals surface area contributed by atoms with Crippen molar-refractivity contribution in [2.24, 2.45) is 0 Å². The summed E-state index contributed by atoms with van der Waals surface area (Å²) in [5.41, 5.74) is 1.84. The largest absolute Gasteiger partial charge is 0.380 e. The van der Waals surface area contributed by atoms with E-state index in [1.54, 1.807) is 37.5 Å². The number of aromatic nitrogens is 3. The first-order valence-electron chi connectivity index (χ1n) is 7.23. The average molecular weight is 302 g/mol. The van der Waals surface area contributed by atoms with Gasteiger partial charge in [-0.2, -0.15) is 0 Å². The molecule has 1 fully saturated rings. The van der Waals surface area contributed by atoms with Crippen molar-refractivity contribution in [2.75, 3.05) is 13.7 Å². The van der Waals surface area contributed by atoms with Crippen molar-refractivity contribution in [3.05, 3.63) is 41.3 Å². The van der Waals surface area contributed by atoms with Gasteiger partial charge >= 0.3 is 0 Å². The maximum absolute atomic E-state index is 12.8. The summed E-state index contributed by atoms with van der Waals surface area (Å²) < 4.78 is 10.3. The Bertz CT molecular complexity index is 656. The summed E-state index contributed by atoms with van der Waals surface area (Å²) in [6.07, 6.45) is 6.79. The first kappa shape index (κ1) is 14.6. The number of aryl methyl sites for hydroxylation is 1. The van der Waals surface area contributed by atoms with Crippen molar-refractivity contribution in [3.63, 3.8) is 0 Å². The second-order valence-electron chi connectivity index (χ2n) is 5.29. The molecule has 3 heterocycles. The molecule has 1 aliphatic heterocycles. The Hall–Kier alpha value is -2.28. The van der Waals surface area contributed by atoms with Crippen LogP contribution in [0.2, 0.25) is 0 Å². The van der Waals surface area contributed by atoms with Crippen molar-refractivity contribution in [2.45, 2.75) is 32.4 Å². The van der Waals surface area contributed by atoms with Crippen LogP contribution in [-0.4, -0.2) is 39.6 Å². The molecule has 1 unspecified atom stereocenters. The average Bonchev–Trinajstić information content (AvgIpc) is 3.16. The molecule has 1 aliphatic rings. The molecule has 0 spiro atoms. The zero-order chi connectivity index (χ0) is 15.5. The number of rotatable bonds is 4. The highest BCUT2D eigenvalue weighted by Crippen LogP contribution is 2.32. The maximum atomic E-state index is 12.8. The predicted molar refractivity (Wildman–Crippen MR) is 77.0 cm³/mol. The number of amides is 1. The fourth-order valence-corrected chi connectivity index (χ4v) is 2.81. The van der Waals surface area contributed by atoms with Gasteiger partial charge in [-0.3, -0.25) is 14.8 Å². The normalized spacial score (nSPS) is 17.9. The monoisotopic (exact) mass is 302 g/mol. The molecule has 0 radical (unpaired) electrons. The molecule has 1 atom stereocenters. The molecule has 2 aromatic heterocycles. The highest BCUT2D eigenvalue weighted by atomic mass is 16.5. The van der Waals surface area contributed by atoms with Crippen LogP contribution in [-0.2, 0) is 11.3 Å². The van der Waals surface area contributed by atoms with Crippen molar-refractivity contribution < 1.29 is 14.1 Å². The van der Waals surface area contributed by atoms with Crippen LogP contribution < -0.4 is 0 Å². The zero-order valence-corrected chi connectivity index (χ0v) is 12.7. The maximum Gasteiger partial charge on any atom is 0.276 e. The van der Waals surface area contributed by atoms with Crippen LogP contribution >= 0.6 is 0 Å². The number of hydrogen-bond acceptors (Lipinski definition) is 6. The van der Waals surface area contributed by atoms with Crippen LogP contribution in [0.5, 0.6) is 0 Å². The van der Waals surface area contributed by atoms with Gasteiger partial charge in [0.1, 0.15) is 5.76 Å². The molecule has 7 nitrogen and oxygen atoms in total. The molecule has 22 heavy (non-hydrogen) atoms. The van der Waals surface area contributed by atoms with Crippen molar-refractivity contribution >= 4 is 5.91 Å². The number of likely N-dealkylation sites (tertiary alicyclic amines) is 1. The lowest BCUT2D eigenvalue weighted by molar-refractivity contribution is 0.0718. The number of ether oxygens (including phenoxy) is 1. The Morgan fingerprint density at radius 3 is 3.09 bits per heavy atom. The smallest absolute Gasteiger partial charge is 0.276 e. The van der Waals surface area contributed by atoms with Gasteiger partial charge in [-0.15, -0.1) is 0 Å². The Morgan fingerprint density at radius 1 is 1.50 bits per heavy atom. The number of carbonyl (C=O) groups is 1. The van der Waals surface area contributed by atoms with Crippen LogP contribution in [0.25, 0.3) is 0 Å². The van der Waals surface area contributed by atoms with E-state index in [1.807, 2.05) is 0 Å². The highest BCUT2D eigenvalue weighted by molar-refractivity contribution is 5.94. The van der Waals surface area contributed by atoms with Crippen molar-refractivity contribution in [3.8, 4) is 0 Å². The number of carbonyl (C=O) groups excluding carboxylic acids is 1. The van der Waals surface area contributed by atoms with E-state index >= 15 is 0 Å².